The van der Waals surface area contributed by atoms with E-state index in [0.29, 0.717) is 0 Å². The van der Waals surface area contributed by atoms with Gasteiger partial charge in [0.05, 0.1) is 0 Å². The van der Waals surface area contributed by atoms with Crippen LogP contribution in [0.1, 0.15) is 58.8 Å². The molecule has 0 saturated heterocycles. The van der Waals surface area contributed by atoms with Crippen LogP contribution in [0.5, 0.6) is 0 Å². The zero-order valence-corrected chi connectivity index (χ0v) is 11.8. The average molecular weight is 274 g/mol. The summed E-state index contributed by atoms with van der Waals surface area (Å²) < 4.78 is 0. The summed E-state index contributed by atoms with van der Waals surface area (Å²) in [6.07, 6.45) is 10.2. The lowest BCUT2D eigenvalue weighted by Crippen LogP contribution is -2.13. The topological polar surface area (TPSA) is 94.8 Å². The van der Waals surface area contributed by atoms with E-state index in [1.807, 2.05) is 0 Å². The summed E-state index contributed by atoms with van der Waals surface area (Å²) in [4.78, 5) is 19.5. The van der Waals surface area contributed by atoms with E-state index in [0.717, 1.165) is 12.8 Å². The summed E-state index contributed by atoms with van der Waals surface area (Å²) in [6.45, 7) is 3.40. The van der Waals surface area contributed by atoms with Crippen molar-refractivity contribution in [2.45, 2.75) is 64.9 Å². The lowest BCUT2D eigenvalue weighted by Gasteiger charge is -1.96. The van der Waals surface area contributed by atoms with Crippen molar-refractivity contribution < 1.29 is 24.9 Å². The fourth-order valence-electron chi connectivity index (χ4n) is 1.23. The molecule has 1 unspecified atom stereocenters. The van der Waals surface area contributed by atoms with Gasteiger partial charge in [0, 0.05) is 6.08 Å². The van der Waals surface area contributed by atoms with Gasteiger partial charge in [-0.05, 0) is 19.8 Å². The highest BCUT2D eigenvalue weighted by Crippen LogP contribution is 2.06. The minimum atomic E-state index is -1.23. The Kier molecular flexibility index (Phi) is 15.4. The fraction of sp³-hybridized carbons (Fsp3) is 0.714. The van der Waals surface area contributed by atoms with Crippen LogP contribution in [0, 0.1) is 0 Å². The van der Waals surface area contributed by atoms with Crippen molar-refractivity contribution in [3.05, 3.63) is 12.2 Å². The van der Waals surface area contributed by atoms with Crippen molar-refractivity contribution in [2.24, 2.45) is 0 Å². The van der Waals surface area contributed by atoms with Crippen LogP contribution in [0.2, 0.25) is 0 Å². The molecule has 19 heavy (non-hydrogen) atoms. The van der Waals surface area contributed by atoms with E-state index < -0.39 is 18.0 Å². The maximum atomic E-state index is 10.1. The van der Waals surface area contributed by atoms with Gasteiger partial charge in [0.2, 0.25) is 0 Å². The van der Waals surface area contributed by atoms with Crippen LogP contribution in [0.4, 0.5) is 0 Å². The molecule has 0 aliphatic heterocycles. The molecule has 0 aromatic heterocycles. The molecule has 0 aromatic rings. The molecule has 0 spiro atoms. The zero-order chi connectivity index (χ0) is 15.1. The van der Waals surface area contributed by atoms with Crippen molar-refractivity contribution in [3.8, 4) is 0 Å². The lowest BCUT2D eigenvalue weighted by molar-refractivity contribution is -0.145. The number of unbranched alkanes of at least 4 members (excludes halogenated alkanes) is 6. The van der Waals surface area contributed by atoms with Crippen molar-refractivity contribution in [1.29, 1.82) is 0 Å². The van der Waals surface area contributed by atoms with Crippen LogP contribution in [-0.2, 0) is 9.59 Å². The second-order valence-electron chi connectivity index (χ2n) is 4.31. The molecule has 0 bridgehead atoms. The van der Waals surface area contributed by atoms with Crippen LogP contribution in [-0.4, -0.2) is 33.4 Å². The van der Waals surface area contributed by atoms with Crippen molar-refractivity contribution in [2.75, 3.05) is 0 Å². The Morgan fingerprint density at radius 2 is 1.53 bits per heavy atom. The number of carboxylic acids is 2. The van der Waals surface area contributed by atoms with Gasteiger partial charge in [0.25, 0.3) is 0 Å². The second kappa shape index (κ2) is 14.7. The zero-order valence-electron chi connectivity index (χ0n) is 11.8. The number of carboxylic acid groups (broad SMARTS) is 2. The predicted molar refractivity (Wildman–Crippen MR) is 74.1 cm³/mol. The number of aliphatic hydroxyl groups excluding tert-OH is 1. The monoisotopic (exact) mass is 274 g/mol. The Bertz CT molecular complexity index is 259. The van der Waals surface area contributed by atoms with Gasteiger partial charge in [-0.2, -0.15) is 0 Å². The fourth-order valence-corrected chi connectivity index (χ4v) is 1.23. The molecular formula is C14H26O5. The first-order valence-electron chi connectivity index (χ1n) is 6.72. The number of allylic oxidation sites excluding steroid dienone is 1. The van der Waals surface area contributed by atoms with Gasteiger partial charge in [-0.3, -0.25) is 0 Å². The molecule has 0 radical (unpaired) electrons. The minimum absolute atomic E-state index is 0.842. The summed E-state index contributed by atoms with van der Waals surface area (Å²) in [5.74, 6) is -2.03. The number of hydrogen-bond acceptors (Lipinski definition) is 3. The van der Waals surface area contributed by atoms with Gasteiger partial charge in [0.15, 0.2) is 0 Å². The summed E-state index contributed by atoms with van der Waals surface area (Å²) in [6, 6.07) is 0. The SMILES string of the molecule is CC(O)C(=O)O.CCCCCCCCC=CC(=O)O. The van der Waals surface area contributed by atoms with Gasteiger partial charge in [0.1, 0.15) is 6.10 Å². The summed E-state index contributed by atoms with van der Waals surface area (Å²) in [5, 5.41) is 24.1. The number of hydrogen-bond donors (Lipinski definition) is 3. The maximum Gasteiger partial charge on any atom is 0.332 e. The lowest BCUT2D eigenvalue weighted by atomic mass is 10.1. The standard InChI is InChI=1S/C11H20O2.C3H6O3/c1-2-3-4-5-6-7-8-9-10-11(12)13;1-2(4)3(5)6/h9-10H,2-8H2,1H3,(H,12,13);2,4H,1H3,(H,5,6). The number of carbonyl (C=O) groups is 2. The Labute approximate surface area is 115 Å². The maximum absolute atomic E-state index is 10.1. The molecule has 5 nitrogen and oxygen atoms in total. The van der Waals surface area contributed by atoms with Crippen LogP contribution < -0.4 is 0 Å². The smallest absolute Gasteiger partial charge is 0.332 e. The third kappa shape index (κ3) is 22.3. The molecule has 3 N–H and O–H groups in total. The van der Waals surface area contributed by atoms with Crippen molar-refractivity contribution in [1.82, 2.24) is 0 Å². The largest absolute Gasteiger partial charge is 0.479 e. The van der Waals surface area contributed by atoms with Gasteiger partial charge >= 0.3 is 11.9 Å². The van der Waals surface area contributed by atoms with Crippen LogP contribution in [0.15, 0.2) is 12.2 Å². The summed E-state index contributed by atoms with van der Waals surface area (Å²) in [7, 11) is 0. The first kappa shape index (κ1) is 20.0. The highest BCUT2D eigenvalue weighted by Gasteiger charge is 2.01. The molecule has 0 fully saturated rings. The van der Waals surface area contributed by atoms with E-state index in [1.54, 1.807) is 6.08 Å². The average Bonchev–Trinajstić information content (AvgIpc) is 2.33. The van der Waals surface area contributed by atoms with E-state index in [1.165, 1.54) is 45.1 Å². The molecule has 0 saturated carbocycles. The highest BCUT2D eigenvalue weighted by atomic mass is 16.4. The summed E-state index contributed by atoms with van der Waals surface area (Å²) in [5.41, 5.74) is 0. The normalized spacial score (nSPS) is 11.7. The molecule has 112 valence electrons. The van der Waals surface area contributed by atoms with E-state index >= 15 is 0 Å². The summed E-state index contributed by atoms with van der Waals surface area (Å²) >= 11 is 0. The van der Waals surface area contributed by atoms with Gasteiger partial charge in [-0.25, -0.2) is 9.59 Å². The third-order valence-corrected chi connectivity index (χ3v) is 2.34. The van der Waals surface area contributed by atoms with E-state index in [9.17, 15) is 9.59 Å². The molecule has 0 heterocycles. The number of aliphatic carboxylic acids is 2. The first-order chi connectivity index (χ1) is 8.91. The minimum Gasteiger partial charge on any atom is -0.479 e. The van der Waals surface area contributed by atoms with E-state index in [-0.39, 0.29) is 0 Å². The molecule has 0 aliphatic rings. The highest BCUT2D eigenvalue weighted by molar-refractivity contribution is 5.79. The van der Waals surface area contributed by atoms with Crippen LogP contribution >= 0.6 is 0 Å². The predicted octanol–water partition coefficient (Wildman–Crippen LogP) is 2.83. The van der Waals surface area contributed by atoms with Gasteiger partial charge in [-0.1, -0.05) is 45.1 Å². The van der Waals surface area contributed by atoms with Gasteiger partial charge in [-0.15, -0.1) is 0 Å². The van der Waals surface area contributed by atoms with Gasteiger partial charge < -0.3 is 15.3 Å². The quantitative estimate of drug-likeness (QED) is 0.444. The number of rotatable bonds is 9. The molecular weight excluding hydrogens is 248 g/mol. The molecule has 1 atom stereocenters. The van der Waals surface area contributed by atoms with E-state index in [4.69, 9.17) is 15.3 Å². The molecule has 0 rings (SSSR count). The Morgan fingerprint density at radius 1 is 1.05 bits per heavy atom. The van der Waals surface area contributed by atoms with E-state index in [2.05, 4.69) is 6.92 Å². The van der Waals surface area contributed by atoms with Crippen molar-refractivity contribution >= 4 is 11.9 Å². The second-order valence-corrected chi connectivity index (χ2v) is 4.31. The molecule has 5 heteroatoms. The van der Waals surface area contributed by atoms with Crippen LogP contribution in [0.25, 0.3) is 0 Å². The Morgan fingerprint density at radius 3 is 1.95 bits per heavy atom. The molecule has 0 aromatic carbocycles. The Hall–Kier alpha value is -1.36. The van der Waals surface area contributed by atoms with Crippen LogP contribution in [0.3, 0.4) is 0 Å². The molecule has 0 aliphatic carbocycles. The van der Waals surface area contributed by atoms with Crippen molar-refractivity contribution in [3.63, 3.8) is 0 Å². The molecule has 0 amide bonds. The first-order valence-corrected chi connectivity index (χ1v) is 6.72. The Balaban J connectivity index is 0. The number of aliphatic hydroxyl groups is 1. The third-order valence-electron chi connectivity index (χ3n) is 2.34.